The van der Waals surface area contributed by atoms with Crippen molar-refractivity contribution in [1.82, 2.24) is 0 Å². The Morgan fingerprint density at radius 2 is 2.17 bits per heavy atom. The molecule has 1 unspecified atom stereocenters. The van der Waals surface area contributed by atoms with E-state index in [2.05, 4.69) is 0 Å². The second-order valence-electron chi connectivity index (χ2n) is 3.27. The molecule has 1 atom stereocenters. The molecule has 0 spiro atoms. The highest BCUT2D eigenvalue weighted by atomic mass is 32.2. The van der Waals surface area contributed by atoms with Crippen molar-refractivity contribution in [2.75, 3.05) is 11.5 Å². The van der Waals surface area contributed by atoms with Crippen LogP contribution in [-0.2, 0) is 14.6 Å². The average Bonchev–Trinajstić information content (AvgIpc) is 2.03. The largest absolute Gasteiger partial charge is 0.481 e. The SMILES string of the molecule is NC1(CC(=O)O)CCS(=O)(=O)C1. The molecule has 0 radical (unpaired) electrons. The Bertz CT molecular complexity index is 297. The molecule has 3 N–H and O–H groups in total. The molecule has 6 heteroatoms. The number of sulfone groups is 1. The maximum Gasteiger partial charge on any atom is 0.305 e. The molecule has 1 aliphatic heterocycles. The molecule has 1 aliphatic rings. The van der Waals surface area contributed by atoms with E-state index in [0.29, 0.717) is 0 Å². The zero-order valence-electron chi connectivity index (χ0n) is 6.49. The Balaban J connectivity index is 2.71. The van der Waals surface area contributed by atoms with Crippen LogP contribution in [0.3, 0.4) is 0 Å². The number of carboxylic acid groups (broad SMARTS) is 1. The third kappa shape index (κ3) is 2.18. The molecule has 0 aromatic rings. The topological polar surface area (TPSA) is 97.5 Å². The summed E-state index contributed by atoms with van der Waals surface area (Å²) < 4.78 is 21.9. The van der Waals surface area contributed by atoms with Gasteiger partial charge >= 0.3 is 5.97 Å². The maximum absolute atomic E-state index is 11.0. The molecule has 1 rings (SSSR count). The monoisotopic (exact) mass is 193 g/mol. The predicted molar refractivity (Wildman–Crippen MR) is 42.4 cm³/mol. The Morgan fingerprint density at radius 1 is 1.58 bits per heavy atom. The van der Waals surface area contributed by atoms with Crippen molar-refractivity contribution in [3.8, 4) is 0 Å². The highest BCUT2D eigenvalue weighted by molar-refractivity contribution is 7.91. The minimum Gasteiger partial charge on any atom is -0.481 e. The fraction of sp³-hybridized carbons (Fsp3) is 0.833. The first kappa shape index (κ1) is 9.47. The highest BCUT2D eigenvalue weighted by Gasteiger charge is 2.40. The van der Waals surface area contributed by atoms with Gasteiger partial charge in [-0.2, -0.15) is 0 Å². The second-order valence-corrected chi connectivity index (χ2v) is 5.46. The van der Waals surface area contributed by atoms with E-state index in [1.54, 1.807) is 0 Å². The summed E-state index contributed by atoms with van der Waals surface area (Å²) >= 11 is 0. The molecular weight excluding hydrogens is 182 g/mol. The molecule has 1 fully saturated rings. The number of hydrogen-bond acceptors (Lipinski definition) is 4. The van der Waals surface area contributed by atoms with Crippen molar-refractivity contribution in [3.63, 3.8) is 0 Å². The van der Waals surface area contributed by atoms with E-state index in [1.165, 1.54) is 0 Å². The van der Waals surface area contributed by atoms with Crippen LogP contribution in [0.1, 0.15) is 12.8 Å². The quantitative estimate of drug-likeness (QED) is 0.584. The standard InChI is InChI=1S/C6H11NO4S/c7-6(3-5(8)9)1-2-12(10,11)4-6/h1-4,7H2,(H,8,9). The van der Waals surface area contributed by atoms with Crippen molar-refractivity contribution in [1.29, 1.82) is 0 Å². The fourth-order valence-corrected chi connectivity index (χ4v) is 3.37. The van der Waals surface area contributed by atoms with Crippen molar-refractivity contribution in [2.24, 2.45) is 5.73 Å². The lowest BCUT2D eigenvalue weighted by Gasteiger charge is -2.18. The van der Waals surface area contributed by atoms with Crippen molar-refractivity contribution in [2.45, 2.75) is 18.4 Å². The molecule has 0 saturated carbocycles. The number of rotatable bonds is 2. The van der Waals surface area contributed by atoms with Crippen molar-refractivity contribution < 1.29 is 18.3 Å². The highest BCUT2D eigenvalue weighted by Crippen LogP contribution is 2.23. The van der Waals surface area contributed by atoms with E-state index in [0.717, 1.165) is 0 Å². The summed E-state index contributed by atoms with van der Waals surface area (Å²) in [6, 6.07) is 0. The summed E-state index contributed by atoms with van der Waals surface area (Å²) in [5, 5.41) is 8.43. The van der Waals surface area contributed by atoms with Crippen LogP contribution in [0.15, 0.2) is 0 Å². The van der Waals surface area contributed by atoms with Crippen molar-refractivity contribution in [3.05, 3.63) is 0 Å². The molecule has 0 amide bonds. The number of aliphatic carboxylic acids is 1. The molecule has 0 bridgehead atoms. The summed E-state index contributed by atoms with van der Waals surface area (Å²) in [7, 11) is -3.09. The lowest BCUT2D eigenvalue weighted by molar-refractivity contribution is -0.138. The number of nitrogens with two attached hydrogens (primary N) is 1. The van der Waals surface area contributed by atoms with Gasteiger partial charge in [0, 0.05) is 5.54 Å². The van der Waals surface area contributed by atoms with E-state index in [-0.39, 0.29) is 24.3 Å². The first-order valence-corrected chi connectivity index (χ1v) is 5.36. The van der Waals surface area contributed by atoms with Gasteiger partial charge in [-0.15, -0.1) is 0 Å². The van der Waals surface area contributed by atoms with Crippen LogP contribution >= 0.6 is 0 Å². The maximum atomic E-state index is 11.0. The smallest absolute Gasteiger partial charge is 0.305 e. The Kier molecular flexibility index (Phi) is 2.13. The van der Waals surface area contributed by atoms with Gasteiger partial charge in [0.1, 0.15) is 0 Å². The summed E-state index contributed by atoms with van der Waals surface area (Å²) in [6.07, 6.45) is -0.0200. The van der Waals surface area contributed by atoms with Crippen LogP contribution in [0.5, 0.6) is 0 Å². The molecule has 0 aromatic carbocycles. The lowest BCUT2D eigenvalue weighted by Crippen LogP contribution is -2.43. The predicted octanol–water partition coefficient (Wildman–Crippen LogP) is -1.02. The number of hydrogen-bond donors (Lipinski definition) is 2. The first-order chi connectivity index (χ1) is 5.33. The Labute approximate surface area is 70.5 Å². The van der Waals surface area contributed by atoms with Gasteiger partial charge < -0.3 is 10.8 Å². The van der Waals surface area contributed by atoms with Gasteiger partial charge in [-0.25, -0.2) is 8.42 Å². The van der Waals surface area contributed by atoms with Crippen LogP contribution in [0.4, 0.5) is 0 Å². The third-order valence-electron chi connectivity index (χ3n) is 1.92. The van der Waals surface area contributed by atoms with Gasteiger partial charge in [0.2, 0.25) is 0 Å². The molecular formula is C6H11NO4S. The summed E-state index contributed by atoms with van der Waals surface area (Å²) in [6.45, 7) is 0. The summed E-state index contributed by atoms with van der Waals surface area (Å²) in [4.78, 5) is 10.3. The molecule has 0 aliphatic carbocycles. The second kappa shape index (κ2) is 2.70. The van der Waals surface area contributed by atoms with Gasteiger partial charge in [-0.05, 0) is 6.42 Å². The van der Waals surface area contributed by atoms with Gasteiger partial charge in [0.05, 0.1) is 17.9 Å². The van der Waals surface area contributed by atoms with Gasteiger partial charge in [0.15, 0.2) is 9.84 Å². The van der Waals surface area contributed by atoms with Crippen LogP contribution in [0.25, 0.3) is 0 Å². The average molecular weight is 193 g/mol. The Hall–Kier alpha value is -0.620. The normalized spacial score (nSPS) is 33.4. The van der Waals surface area contributed by atoms with Crippen LogP contribution < -0.4 is 5.73 Å². The minimum atomic E-state index is -3.09. The van der Waals surface area contributed by atoms with Crippen LogP contribution in [0, 0.1) is 0 Å². The van der Waals surface area contributed by atoms with Crippen LogP contribution in [0.2, 0.25) is 0 Å². The molecule has 12 heavy (non-hydrogen) atoms. The third-order valence-corrected chi connectivity index (χ3v) is 3.76. The zero-order valence-corrected chi connectivity index (χ0v) is 7.30. The van der Waals surface area contributed by atoms with Gasteiger partial charge in [-0.1, -0.05) is 0 Å². The van der Waals surface area contributed by atoms with Crippen molar-refractivity contribution >= 4 is 15.8 Å². The van der Waals surface area contributed by atoms with E-state index in [9.17, 15) is 13.2 Å². The number of carboxylic acids is 1. The van der Waals surface area contributed by atoms with E-state index < -0.39 is 21.3 Å². The lowest BCUT2D eigenvalue weighted by atomic mass is 9.96. The number of carbonyl (C=O) groups is 1. The zero-order chi connectivity index (χ0) is 9.41. The first-order valence-electron chi connectivity index (χ1n) is 3.54. The van der Waals surface area contributed by atoms with Gasteiger partial charge in [-0.3, -0.25) is 4.79 Å². The van der Waals surface area contributed by atoms with E-state index in [1.807, 2.05) is 0 Å². The van der Waals surface area contributed by atoms with E-state index >= 15 is 0 Å². The molecule has 1 heterocycles. The van der Waals surface area contributed by atoms with Gasteiger partial charge in [0.25, 0.3) is 0 Å². The van der Waals surface area contributed by atoms with Crippen LogP contribution in [-0.4, -0.2) is 36.5 Å². The molecule has 5 nitrogen and oxygen atoms in total. The summed E-state index contributed by atoms with van der Waals surface area (Å²) in [5.41, 5.74) is 4.54. The minimum absolute atomic E-state index is 0.0107. The summed E-state index contributed by atoms with van der Waals surface area (Å²) in [5.74, 6) is -1.24. The Morgan fingerprint density at radius 3 is 2.50 bits per heavy atom. The molecule has 70 valence electrons. The molecule has 0 aromatic heterocycles. The molecule has 1 saturated heterocycles. The van der Waals surface area contributed by atoms with E-state index in [4.69, 9.17) is 10.8 Å². The fourth-order valence-electron chi connectivity index (χ4n) is 1.38.